The molecule has 29 heavy (non-hydrogen) atoms. The van der Waals surface area contributed by atoms with E-state index in [4.69, 9.17) is 4.42 Å². The van der Waals surface area contributed by atoms with Crippen molar-refractivity contribution in [3.05, 3.63) is 47.6 Å². The number of H-pyrrole nitrogens is 1. The molecule has 0 aromatic carbocycles. The zero-order valence-electron chi connectivity index (χ0n) is 16.4. The van der Waals surface area contributed by atoms with Crippen molar-refractivity contribution >= 4 is 22.7 Å². The van der Waals surface area contributed by atoms with E-state index in [9.17, 15) is 9.59 Å². The Balaban J connectivity index is 1.10. The Labute approximate surface area is 167 Å². The summed E-state index contributed by atoms with van der Waals surface area (Å²) in [6.07, 6.45) is 4.37. The van der Waals surface area contributed by atoms with Crippen LogP contribution in [0, 0.1) is 31.6 Å². The minimum atomic E-state index is -0.0972. The lowest BCUT2D eigenvalue weighted by Gasteiger charge is -2.18. The predicted molar refractivity (Wildman–Crippen MR) is 105 cm³/mol. The van der Waals surface area contributed by atoms with Crippen LogP contribution in [0.2, 0.25) is 0 Å². The third kappa shape index (κ3) is 3.18. The Morgan fingerprint density at radius 3 is 2.79 bits per heavy atom. The summed E-state index contributed by atoms with van der Waals surface area (Å²) >= 11 is 0. The number of hydrogen-bond donors (Lipinski definition) is 2. The number of aryl methyl sites for hydroxylation is 2. The van der Waals surface area contributed by atoms with Crippen molar-refractivity contribution < 1.29 is 14.0 Å². The first-order chi connectivity index (χ1) is 14.0. The van der Waals surface area contributed by atoms with Gasteiger partial charge in [-0.1, -0.05) is 0 Å². The van der Waals surface area contributed by atoms with E-state index in [-0.39, 0.29) is 11.8 Å². The molecule has 1 aliphatic heterocycles. The number of amides is 2. The smallest absolute Gasteiger partial charge is 0.291 e. The minimum Gasteiger partial charge on any atom is -0.436 e. The summed E-state index contributed by atoms with van der Waals surface area (Å²) < 4.78 is 5.46. The van der Waals surface area contributed by atoms with Crippen LogP contribution in [0.5, 0.6) is 0 Å². The van der Waals surface area contributed by atoms with Gasteiger partial charge in [0, 0.05) is 49.9 Å². The first-order valence-corrected chi connectivity index (χ1v) is 9.95. The molecule has 0 spiro atoms. The molecule has 8 nitrogen and oxygen atoms in total. The Kier molecular flexibility index (Phi) is 4.15. The van der Waals surface area contributed by atoms with Gasteiger partial charge in [0.05, 0.1) is 5.69 Å². The summed E-state index contributed by atoms with van der Waals surface area (Å²) in [4.78, 5) is 38.2. The van der Waals surface area contributed by atoms with Crippen molar-refractivity contribution in [1.29, 1.82) is 0 Å². The molecule has 2 N–H and O–H groups in total. The van der Waals surface area contributed by atoms with E-state index in [0.29, 0.717) is 47.3 Å². The van der Waals surface area contributed by atoms with Gasteiger partial charge in [0.15, 0.2) is 5.89 Å². The topological polar surface area (TPSA) is 104 Å². The minimum absolute atomic E-state index is 0.0596. The second-order valence-electron chi connectivity index (χ2n) is 8.04. The molecule has 4 heterocycles. The first kappa shape index (κ1) is 17.9. The lowest BCUT2D eigenvalue weighted by molar-refractivity contribution is 0.0733. The molecule has 2 fully saturated rings. The van der Waals surface area contributed by atoms with Gasteiger partial charge in [-0.3, -0.25) is 14.6 Å². The van der Waals surface area contributed by atoms with Gasteiger partial charge < -0.3 is 19.6 Å². The number of likely N-dealkylation sites (tertiary alicyclic amines) is 1. The lowest BCUT2D eigenvalue weighted by atomic mass is 10.2. The summed E-state index contributed by atoms with van der Waals surface area (Å²) in [6.45, 7) is 5.71. The number of piperidine rings is 1. The van der Waals surface area contributed by atoms with Crippen molar-refractivity contribution in [2.75, 3.05) is 19.6 Å². The van der Waals surface area contributed by atoms with Crippen LogP contribution in [-0.2, 0) is 0 Å². The molecular weight excluding hydrogens is 370 g/mol. The van der Waals surface area contributed by atoms with Gasteiger partial charge in [-0.2, -0.15) is 0 Å². The van der Waals surface area contributed by atoms with Crippen LogP contribution in [0.15, 0.2) is 28.9 Å². The summed E-state index contributed by atoms with van der Waals surface area (Å²) in [5.74, 6) is 2.36. The van der Waals surface area contributed by atoms with E-state index in [0.717, 1.165) is 30.4 Å². The van der Waals surface area contributed by atoms with E-state index in [1.54, 1.807) is 26.2 Å². The summed E-state index contributed by atoms with van der Waals surface area (Å²) in [6, 6.07) is 3.67. The average molecular weight is 393 g/mol. The summed E-state index contributed by atoms with van der Waals surface area (Å²) in [5, 5.41) is 3.92. The quantitative estimate of drug-likeness (QED) is 0.692. The van der Waals surface area contributed by atoms with Gasteiger partial charge in [0.25, 0.3) is 11.8 Å². The molecule has 3 aromatic rings. The van der Waals surface area contributed by atoms with Crippen molar-refractivity contribution in [2.24, 2.45) is 17.8 Å². The molecule has 3 atom stereocenters. The third-order valence-corrected chi connectivity index (χ3v) is 6.19. The first-order valence-electron chi connectivity index (χ1n) is 9.95. The number of hydrogen-bond acceptors (Lipinski definition) is 5. The fourth-order valence-corrected chi connectivity index (χ4v) is 4.66. The predicted octanol–water partition coefficient (Wildman–Crippen LogP) is 2.31. The van der Waals surface area contributed by atoms with Crippen molar-refractivity contribution in [3.8, 4) is 0 Å². The average Bonchev–Trinajstić information content (AvgIpc) is 3.11. The van der Waals surface area contributed by atoms with Crippen LogP contribution < -0.4 is 5.32 Å². The maximum Gasteiger partial charge on any atom is 0.291 e. The second-order valence-corrected chi connectivity index (χ2v) is 8.04. The zero-order valence-corrected chi connectivity index (χ0v) is 16.4. The Morgan fingerprint density at radius 1 is 1.31 bits per heavy atom. The van der Waals surface area contributed by atoms with Gasteiger partial charge in [-0.25, -0.2) is 4.98 Å². The van der Waals surface area contributed by atoms with Crippen LogP contribution >= 0.6 is 0 Å². The van der Waals surface area contributed by atoms with E-state index >= 15 is 0 Å². The van der Waals surface area contributed by atoms with Crippen LogP contribution in [0.25, 0.3) is 10.9 Å². The highest BCUT2D eigenvalue weighted by Crippen LogP contribution is 2.53. The highest BCUT2D eigenvalue weighted by atomic mass is 16.4. The number of nitrogens with zero attached hydrogens (tertiary/aromatic N) is 3. The SMILES string of the molecule is Cc1nc(C)c(C(=O)N2C[C@@H]3C(CCNC(=O)c4cc5cnccc5[nH]4)[C@@H]3C2)o1. The molecule has 1 saturated heterocycles. The number of aromatic nitrogens is 3. The Bertz CT molecular complexity index is 1060. The molecule has 1 aliphatic carbocycles. The van der Waals surface area contributed by atoms with Gasteiger partial charge >= 0.3 is 0 Å². The maximum absolute atomic E-state index is 12.6. The van der Waals surface area contributed by atoms with Crippen molar-refractivity contribution in [3.63, 3.8) is 0 Å². The molecule has 2 aliphatic rings. The standard InChI is InChI=1S/C21H23N5O3/c1-11-19(29-12(2)24-11)21(28)26-9-15-14(16(15)10-26)3-6-23-20(27)18-7-13-8-22-5-4-17(13)25-18/h4-5,7-8,14-16,25H,3,6,9-10H2,1-2H3,(H,23,27)/t14?,15-,16+. The number of fused-ring (bicyclic) bond motifs is 2. The molecule has 3 aromatic heterocycles. The van der Waals surface area contributed by atoms with Crippen LogP contribution in [0.3, 0.4) is 0 Å². The molecule has 1 saturated carbocycles. The maximum atomic E-state index is 12.6. The Hall–Kier alpha value is -3.16. The van der Waals surface area contributed by atoms with Crippen LogP contribution in [0.1, 0.15) is 39.0 Å². The number of pyridine rings is 1. The molecule has 150 valence electrons. The van der Waals surface area contributed by atoms with Crippen molar-refractivity contribution in [2.45, 2.75) is 20.3 Å². The third-order valence-electron chi connectivity index (χ3n) is 6.19. The van der Waals surface area contributed by atoms with Gasteiger partial charge in [0.1, 0.15) is 5.69 Å². The molecule has 0 bridgehead atoms. The molecule has 2 amide bonds. The van der Waals surface area contributed by atoms with Crippen LogP contribution in [-0.4, -0.2) is 51.3 Å². The fourth-order valence-electron chi connectivity index (χ4n) is 4.66. The largest absolute Gasteiger partial charge is 0.436 e. The van der Waals surface area contributed by atoms with Crippen molar-refractivity contribution in [1.82, 2.24) is 25.2 Å². The number of oxazole rings is 1. The molecular formula is C21H23N5O3. The highest BCUT2D eigenvalue weighted by Gasteiger charge is 2.56. The van der Waals surface area contributed by atoms with Gasteiger partial charge in [0.2, 0.25) is 5.76 Å². The highest BCUT2D eigenvalue weighted by molar-refractivity contribution is 5.97. The number of nitrogens with one attached hydrogen (secondary N) is 2. The number of carbonyl (C=O) groups is 2. The van der Waals surface area contributed by atoms with E-state index < -0.39 is 0 Å². The molecule has 8 heteroatoms. The molecule has 1 unspecified atom stereocenters. The lowest BCUT2D eigenvalue weighted by Crippen LogP contribution is -2.32. The monoisotopic (exact) mass is 393 g/mol. The molecule has 5 rings (SSSR count). The summed E-state index contributed by atoms with van der Waals surface area (Å²) in [5.41, 5.74) is 2.11. The number of carbonyl (C=O) groups excluding carboxylic acids is 2. The number of aromatic amines is 1. The number of rotatable bonds is 5. The van der Waals surface area contributed by atoms with Crippen LogP contribution in [0.4, 0.5) is 0 Å². The van der Waals surface area contributed by atoms with E-state index in [1.165, 1.54) is 0 Å². The van der Waals surface area contributed by atoms with Gasteiger partial charge in [-0.15, -0.1) is 0 Å². The second kappa shape index (κ2) is 6.72. The zero-order chi connectivity index (χ0) is 20.1. The summed E-state index contributed by atoms with van der Waals surface area (Å²) in [7, 11) is 0. The van der Waals surface area contributed by atoms with Gasteiger partial charge in [-0.05, 0) is 43.2 Å². The Morgan fingerprint density at radius 2 is 2.10 bits per heavy atom. The normalized spacial score (nSPS) is 22.7. The van der Waals surface area contributed by atoms with E-state index in [1.807, 2.05) is 17.0 Å². The fraction of sp³-hybridized carbons (Fsp3) is 0.429. The molecule has 0 radical (unpaired) electrons. The van der Waals surface area contributed by atoms with E-state index in [2.05, 4.69) is 20.3 Å².